The van der Waals surface area contributed by atoms with E-state index in [9.17, 15) is 9.18 Å². The van der Waals surface area contributed by atoms with E-state index in [2.05, 4.69) is 33.7 Å². The van der Waals surface area contributed by atoms with E-state index in [1.165, 1.54) is 23.3 Å². The molecule has 3 aliphatic rings. The van der Waals surface area contributed by atoms with Gasteiger partial charge in [-0.3, -0.25) is 9.78 Å². The highest BCUT2D eigenvalue weighted by Gasteiger charge is 2.45. The lowest BCUT2D eigenvalue weighted by Gasteiger charge is -2.16. The first-order valence-corrected chi connectivity index (χ1v) is 17.5. The number of fused-ring (bicyclic) bond motifs is 5. The number of aromatic nitrogens is 4. The van der Waals surface area contributed by atoms with Crippen molar-refractivity contribution < 1.29 is 13.6 Å². The summed E-state index contributed by atoms with van der Waals surface area (Å²) in [5, 5.41) is 14.1. The van der Waals surface area contributed by atoms with Crippen molar-refractivity contribution in [2.45, 2.75) is 57.5 Å². The number of nitrogens with zero attached hydrogens (tertiary/aromatic N) is 5. The fourth-order valence-electron chi connectivity index (χ4n) is 7.61. The number of rotatable bonds is 7. The standard InChI is InChI=1S/C37H30ClFN6O2S/c1-19-43-44-36(47-19)30-27(12-6-20-4-9-24(39)10-5-20)41-33-28-3-2-16-45(28)37(46)32(33)31(30)29-18-22-14-15-40-35(34(22)48-29)42-26-13-7-21-17-23(38)8-11-25(21)26/h4-5,8-11,14-15,17-18,26,28H,2-3,6-7,12-13,16H2,1H3,(H,40,42)/t26-,28+/m0/s1. The largest absolute Gasteiger partial charge is 0.421 e. The van der Waals surface area contributed by atoms with Crippen molar-refractivity contribution in [1.29, 1.82) is 0 Å². The fourth-order valence-corrected chi connectivity index (χ4v) is 8.97. The van der Waals surface area contributed by atoms with Gasteiger partial charge in [-0.25, -0.2) is 9.37 Å². The number of carbonyl (C=O) groups excluding carboxylic acids is 1. The van der Waals surface area contributed by atoms with E-state index in [1.807, 2.05) is 23.2 Å². The minimum atomic E-state index is -0.270. The summed E-state index contributed by atoms with van der Waals surface area (Å²) in [5.74, 6) is 1.29. The summed E-state index contributed by atoms with van der Waals surface area (Å²) < 4.78 is 20.8. The van der Waals surface area contributed by atoms with Crippen molar-refractivity contribution in [2.24, 2.45) is 0 Å². The number of benzene rings is 2. The van der Waals surface area contributed by atoms with Crippen LogP contribution < -0.4 is 5.32 Å². The van der Waals surface area contributed by atoms with E-state index in [-0.39, 0.29) is 23.8 Å². The second kappa shape index (κ2) is 11.5. The third-order valence-electron chi connectivity index (χ3n) is 9.82. The molecule has 9 rings (SSSR count). The molecule has 2 atom stereocenters. The summed E-state index contributed by atoms with van der Waals surface area (Å²) in [6.07, 6.45) is 6.74. The lowest BCUT2D eigenvalue weighted by Crippen LogP contribution is -2.22. The molecule has 240 valence electrons. The van der Waals surface area contributed by atoms with Crippen LogP contribution in [0.15, 0.2) is 65.2 Å². The van der Waals surface area contributed by atoms with Crippen LogP contribution in [0, 0.1) is 12.7 Å². The Kier molecular flexibility index (Phi) is 7.05. The topological polar surface area (TPSA) is 97.0 Å². The Balaban J connectivity index is 1.21. The summed E-state index contributed by atoms with van der Waals surface area (Å²) in [6, 6.07) is 16.9. The Morgan fingerprint density at radius 3 is 2.75 bits per heavy atom. The van der Waals surface area contributed by atoms with Gasteiger partial charge in [0.2, 0.25) is 11.8 Å². The Morgan fingerprint density at radius 2 is 1.92 bits per heavy atom. The van der Waals surface area contributed by atoms with Crippen LogP contribution in [0.25, 0.3) is 32.0 Å². The van der Waals surface area contributed by atoms with Crippen LogP contribution in [0.4, 0.5) is 10.2 Å². The van der Waals surface area contributed by atoms with Gasteiger partial charge >= 0.3 is 0 Å². The first-order valence-electron chi connectivity index (χ1n) is 16.3. The summed E-state index contributed by atoms with van der Waals surface area (Å²) >= 11 is 7.89. The highest BCUT2D eigenvalue weighted by Crippen LogP contribution is 2.50. The number of nitrogens with one attached hydrogen (secondary N) is 1. The molecule has 0 radical (unpaired) electrons. The van der Waals surface area contributed by atoms with Crippen LogP contribution in [0.5, 0.6) is 0 Å². The SMILES string of the molecule is Cc1nnc(-c2c(CCc3ccc(F)cc3)nc3c(c2-c2cc4ccnc(N[C@H]5CCc6cc(Cl)ccc65)c4s2)C(=O)N2CCC[C@H]32)o1. The Morgan fingerprint density at radius 1 is 1.04 bits per heavy atom. The van der Waals surface area contributed by atoms with Crippen LogP contribution in [0.2, 0.25) is 5.02 Å². The minimum absolute atomic E-state index is 0.00674. The number of thiophene rings is 1. The predicted octanol–water partition coefficient (Wildman–Crippen LogP) is 8.68. The third kappa shape index (κ3) is 4.88. The molecule has 2 aromatic carbocycles. The number of pyridine rings is 2. The number of aryl methyl sites for hydroxylation is 4. The highest BCUT2D eigenvalue weighted by molar-refractivity contribution is 7.23. The van der Waals surface area contributed by atoms with Crippen molar-refractivity contribution in [3.05, 3.63) is 111 Å². The zero-order chi connectivity index (χ0) is 32.5. The molecule has 1 amide bonds. The molecule has 4 aromatic heterocycles. The molecular weight excluding hydrogens is 647 g/mol. The normalized spacial score (nSPS) is 18.1. The monoisotopic (exact) mass is 676 g/mol. The van der Waals surface area contributed by atoms with E-state index in [0.29, 0.717) is 42.3 Å². The molecule has 2 aliphatic heterocycles. The predicted molar refractivity (Wildman–Crippen MR) is 184 cm³/mol. The Labute approximate surface area is 285 Å². The fraction of sp³-hybridized carbons (Fsp3) is 0.270. The lowest BCUT2D eigenvalue weighted by molar-refractivity contribution is 0.0776. The third-order valence-corrected chi connectivity index (χ3v) is 11.2. The number of halogens is 2. The van der Waals surface area contributed by atoms with Gasteiger partial charge in [0.1, 0.15) is 11.6 Å². The van der Waals surface area contributed by atoms with Crippen molar-refractivity contribution in [2.75, 3.05) is 11.9 Å². The van der Waals surface area contributed by atoms with Crippen molar-refractivity contribution in [3.8, 4) is 21.9 Å². The second-order valence-electron chi connectivity index (χ2n) is 12.7. The molecule has 0 spiro atoms. The molecule has 6 heterocycles. The number of carbonyl (C=O) groups is 1. The number of anilines is 1. The number of hydrogen-bond donors (Lipinski definition) is 1. The summed E-state index contributed by atoms with van der Waals surface area (Å²) in [7, 11) is 0. The van der Waals surface area contributed by atoms with E-state index >= 15 is 0 Å². The molecule has 11 heteroatoms. The zero-order valence-corrected chi connectivity index (χ0v) is 27.7. The van der Waals surface area contributed by atoms with Gasteiger partial charge in [-0.15, -0.1) is 21.5 Å². The van der Waals surface area contributed by atoms with Crippen molar-refractivity contribution in [1.82, 2.24) is 25.1 Å². The molecule has 6 aromatic rings. The highest BCUT2D eigenvalue weighted by atomic mass is 35.5. The van der Waals surface area contributed by atoms with E-state index in [1.54, 1.807) is 30.4 Å². The molecule has 0 saturated carbocycles. The van der Waals surface area contributed by atoms with Gasteiger partial charge in [0.05, 0.1) is 39.3 Å². The van der Waals surface area contributed by atoms with Crippen molar-refractivity contribution >= 4 is 44.7 Å². The van der Waals surface area contributed by atoms with Crippen LogP contribution in [0.3, 0.4) is 0 Å². The number of amides is 1. The molecular formula is C37H30ClFN6O2S. The first kappa shape index (κ1) is 29.5. The molecule has 0 unspecified atom stereocenters. The van der Waals surface area contributed by atoms with Crippen LogP contribution in [-0.4, -0.2) is 37.5 Å². The maximum atomic E-state index is 14.2. The molecule has 48 heavy (non-hydrogen) atoms. The Hall–Kier alpha value is -4.67. The van der Waals surface area contributed by atoms with Gasteiger partial charge in [-0.2, -0.15) is 0 Å². The van der Waals surface area contributed by atoms with Gasteiger partial charge in [0, 0.05) is 35.1 Å². The smallest absolute Gasteiger partial charge is 0.257 e. The Bertz CT molecular complexity index is 2250. The van der Waals surface area contributed by atoms with Gasteiger partial charge in [0.15, 0.2) is 0 Å². The van der Waals surface area contributed by atoms with Gasteiger partial charge in [0.25, 0.3) is 5.91 Å². The quantitative estimate of drug-likeness (QED) is 0.181. The number of hydrogen-bond acceptors (Lipinski definition) is 8. The van der Waals surface area contributed by atoms with Crippen LogP contribution >= 0.6 is 22.9 Å². The van der Waals surface area contributed by atoms with Crippen LogP contribution in [-0.2, 0) is 19.3 Å². The molecule has 8 nitrogen and oxygen atoms in total. The van der Waals surface area contributed by atoms with E-state index in [0.717, 1.165) is 74.0 Å². The summed E-state index contributed by atoms with van der Waals surface area (Å²) in [6.45, 7) is 2.46. The maximum absolute atomic E-state index is 14.2. The second-order valence-corrected chi connectivity index (χ2v) is 14.2. The first-order chi connectivity index (χ1) is 23.4. The maximum Gasteiger partial charge on any atom is 0.257 e. The van der Waals surface area contributed by atoms with Gasteiger partial charge in [-0.05, 0) is 97.0 Å². The van der Waals surface area contributed by atoms with E-state index in [4.69, 9.17) is 26.0 Å². The molecule has 0 bridgehead atoms. The van der Waals surface area contributed by atoms with Gasteiger partial charge in [-0.1, -0.05) is 29.8 Å². The molecule has 1 saturated heterocycles. The summed E-state index contributed by atoms with van der Waals surface area (Å²) in [4.78, 5) is 27.1. The average Bonchev–Trinajstić information content (AvgIpc) is 3.92. The minimum Gasteiger partial charge on any atom is -0.421 e. The van der Waals surface area contributed by atoms with Gasteiger partial charge < -0.3 is 14.6 Å². The van der Waals surface area contributed by atoms with Crippen LogP contribution in [0.1, 0.15) is 75.7 Å². The van der Waals surface area contributed by atoms with Crippen molar-refractivity contribution in [3.63, 3.8) is 0 Å². The molecule has 1 N–H and O–H groups in total. The molecule has 1 fully saturated rings. The summed E-state index contributed by atoms with van der Waals surface area (Å²) in [5.41, 5.74) is 7.18. The average molecular weight is 677 g/mol. The lowest BCUT2D eigenvalue weighted by atomic mass is 9.93. The van der Waals surface area contributed by atoms with E-state index < -0.39 is 0 Å². The zero-order valence-electron chi connectivity index (χ0n) is 26.1. The molecule has 1 aliphatic carbocycles.